The van der Waals surface area contributed by atoms with Crippen LogP contribution in [0.3, 0.4) is 0 Å². The second kappa shape index (κ2) is 11.5. The molecule has 0 spiro atoms. The molecular weight excluding hydrogens is 653 g/mol. The molecule has 11 rings (SSSR count). The molecule has 4 heteroatoms. The molecule has 0 aliphatic carbocycles. The summed E-state index contributed by atoms with van der Waals surface area (Å²) in [5.74, 6) is 0. The summed E-state index contributed by atoms with van der Waals surface area (Å²) in [7, 11) is 0. The van der Waals surface area contributed by atoms with E-state index in [1.165, 1.54) is 58.5 Å². The smallest absolute Gasteiger partial charge is 0.145 e. The van der Waals surface area contributed by atoms with E-state index in [0.29, 0.717) is 0 Å². The molecule has 0 unspecified atom stereocenters. The van der Waals surface area contributed by atoms with E-state index >= 15 is 0 Å². The Morgan fingerprint density at radius 3 is 1.92 bits per heavy atom. The van der Waals surface area contributed by atoms with Gasteiger partial charge in [-0.15, -0.1) is 11.3 Å². The Labute approximate surface area is 303 Å². The van der Waals surface area contributed by atoms with Crippen molar-refractivity contribution in [2.24, 2.45) is 0 Å². The Balaban J connectivity index is 1.20. The molecule has 0 saturated carbocycles. The maximum atomic E-state index is 6.78. The molecule has 3 heterocycles. The maximum absolute atomic E-state index is 6.78. The van der Waals surface area contributed by atoms with Gasteiger partial charge in [-0.3, -0.25) is 0 Å². The number of para-hydroxylation sites is 3. The fourth-order valence-corrected chi connectivity index (χ4v) is 9.35. The van der Waals surface area contributed by atoms with Crippen molar-refractivity contribution in [1.29, 1.82) is 0 Å². The highest BCUT2D eigenvalue weighted by atomic mass is 32.1. The van der Waals surface area contributed by atoms with Gasteiger partial charge < -0.3 is 13.9 Å². The molecule has 0 fully saturated rings. The van der Waals surface area contributed by atoms with Gasteiger partial charge in [0.15, 0.2) is 0 Å². The van der Waals surface area contributed by atoms with Crippen molar-refractivity contribution >= 4 is 92.3 Å². The molecule has 0 radical (unpaired) electrons. The van der Waals surface area contributed by atoms with E-state index in [-0.39, 0.29) is 0 Å². The van der Waals surface area contributed by atoms with Crippen LogP contribution in [0.15, 0.2) is 186 Å². The maximum Gasteiger partial charge on any atom is 0.145 e. The fourth-order valence-electron chi connectivity index (χ4n) is 8.11. The fraction of sp³-hybridized carbons (Fsp3) is 0. The third-order valence-electron chi connectivity index (χ3n) is 10.4. The zero-order valence-electron chi connectivity index (χ0n) is 28.0. The van der Waals surface area contributed by atoms with Crippen molar-refractivity contribution in [3.63, 3.8) is 0 Å². The van der Waals surface area contributed by atoms with E-state index in [9.17, 15) is 0 Å². The molecule has 0 amide bonds. The number of furan rings is 1. The van der Waals surface area contributed by atoms with E-state index in [0.717, 1.165) is 39.3 Å². The summed E-state index contributed by atoms with van der Waals surface area (Å²) in [6.45, 7) is 0. The third-order valence-corrected chi connectivity index (χ3v) is 11.5. The van der Waals surface area contributed by atoms with Crippen LogP contribution < -0.4 is 4.90 Å². The van der Waals surface area contributed by atoms with Crippen molar-refractivity contribution in [1.82, 2.24) is 4.57 Å². The molecule has 3 nitrogen and oxygen atoms in total. The first-order valence-electron chi connectivity index (χ1n) is 17.6. The van der Waals surface area contributed by atoms with E-state index in [2.05, 4.69) is 191 Å². The van der Waals surface area contributed by atoms with Crippen molar-refractivity contribution in [3.05, 3.63) is 182 Å². The first-order valence-corrected chi connectivity index (χ1v) is 18.4. The predicted molar refractivity (Wildman–Crippen MR) is 221 cm³/mol. The highest BCUT2D eigenvalue weighted by Crippen LogP contribution is 2.50. The standard InChI is InChI=1S/C48H30N2OS/c1-3-14-31(15-4-1)32-26-28-34(29-27-32)49(33-16-5-2-6-17-33)35-18-13-19-36(30-35)50-40-23-10-7-20-37(40)43-44-38-21-8-11-24-41(38)51-47(44)45-39-22-9-12-25-42(39)52-48(45)46(43)50/h1-30H. The number of aromatic nitrogens is 1. The number of hydrogen-bond donors (Lipinski definition) is 0. The molecule has 244 valence electrons. The van der Waals surface area contributed by atoms with Gasteiger partial charge in [0.05, 0.1) is 15.7 Å². The molecule has 0 saturated heterocycles. The minimum Gasteiger partial charge on any atom is -0.455 e. The monoisotopic (exact) mass is 682 g/mol. The Morgan fingerprint density at radius 2 is 1.10 bits per heavy atom. The van der Waals surface area contributed by atoms with Gasteiger partial charge in [-0.25, -0.2) is 0 Å². The SMILES string of the molecule is c1ccc(-c2ccc(N(c3ccccc3)c3cccc(-n4c5ccccc5c5c6c7ccccc7oc6c6c7ccccc7sc6c54)c3)cc2)cc1. The van der Waals surface area contributed by atoms with Crippen LogP contribution in [-0.2, 0) is 0 Å². The number of anilines is 3. The topological polar surface area (TPSA) is 21.3 Å². The van der Waals surface area contributed by atoms with E-state index in [4.69, 9.17) is 4.42 Å². The van der Waals surface area contributed by atoms with Crippen LogP contribution in [0.25, 0.3) is 80.7 Å². The molecule has 0 bridgehead atoms. The van der Waals surface area contributed by atoms with Gasteiger partial charge in [0.2, 0.25) is 0 Å². The summed E-state index contributed by atoms with van der Waals surface area (Å²) in [5.41, 5.74) is 11.1. The number of nitrogens with zero attached hydrogens (tertiary/aromatic N) is 2. The molecule has 8 aromatic carbocycles. The summed E-state index contributed by atoms with van der Waals surface area (Å²) in [6.07, 6.45) is 0. The van der Waals surface area contributed by atoms with Crippen LogP contribution in [0.5, 0.6) is 0 Å². The second-order valence-corrected chi connectivity index (χ2v) is 14.3. The summed E-state index contributed by atoms with van der Waals surface area (Å²) in [4.78, 5) is 2.35. The summed E-state index contributed by atoms with van der Waals surface area (Å²) in [6, 6.07) is 65.1. The number of rotatable bonds is 5. The highest BCUT2D eigenvalue weighted by Gasteiger charge is 2.25. The van der Waals surface area contributed by atoms with Crippen LogP contribution >= 0.6 is 11.3 Å². The largest absolute Gasteiger partial charge is 0.455 e. The lowest BCUT2D eigenvalue weighted by atomic mass is 10.0. The predicted octanol–water partition coefficient (Wildman–Crippen LogP) is 14.2. The van der Waals surface area contributed by atoms with Crippen LogP contribution in [0.1, 0.15) is 0 Å². The molecule has 0 aliphatic heterocycles. The van der Waals surface area contributed by atoms with Gasteiger partial charge in [-0.05, 0) is 71.8 Å². The summed E-state index contributed by atoms with van der Waals surface area (Å²) in [5, 5.41) is 7.19. The van der Waals surface area contributed by atoms with Gasteiger partial charge in [-0.1, -0.05) is 121 Å². The average Bonchev–Trinajstić information content (AvgIpc) is 3.89. The molecular formula is C48H30N2OS. The van der Waals surface area contributed by atoms with Gasteiger partial charge in [0.1, 0.15) is 11.2 Å². The molecule has 0 N–H and O–H groups in total. The third kappa shape index (κ3) is 4.31. The molecule has 11 aromatic rings. The average molecular weight is 683 g/mol. The van der Waals surface area contributed by atoms with Crippen molar-refractivity contribution in [3.8, 4) is 16.8 Å². The summed E-state index contributed by atoms with van der Waals surface area (Å²) < 4.78 is 11.8. The molecule has 0 atom stereocenters. The Morgan fingerprint density at radius 1 is 0.462 bits per heavy atom. The van der Waals surface area contributed by atoms with Crippen molar-refractivity contribution < 1.29 is 4.42 Å². The Hall–Kier alpha value is -6.62. The minimum absolute atomic E-state index is 0.914. The van der Waals surface area contributed by atoms with Crippen LogP contribution in [0.2, 0.25) is 0 Å². The number of benzene rings is 8. The number of fused-ring (bicyclic) bond motifs is 12. The molecule has 3 aromatic heterocycles. The second-order valence-electron chi connectivity index (χ2n) is 13.3. The van der Waals surface area contributed by atoms with Crippen molar-refractivity contribution in [2.75, 3.05) is 4.90 Å². The highest BCUT2D eigenvalue weighted by molar-refractivity contribution is 7.27. The van der Waals surface area contributed by atoms with E-state index < -0.39 is 0 Å². The molecule has 0 aliphatic rings. The minimum atomic E-state index is 0.914. The zero-order valence-corrected chi connectivity index (χ0v) is 28.8. The Kier molecular flexibility index (Phi) is 6.42. The number of hydrogen-bond acceptors (Lipinski definition) is 3. The van der Waals surface area contributed by atoms with Gasteiger partial charge >= 0.3 is 0 Å². The van der Waals surface area contributed by atoms with Gasteiger partial charge in [0, 0.05) is 59.8 Å². The first kappa shape index (κ1) is 29.1. The van der Waals surface area contributed by atoms with Gasteiger partial charge in [-0.2, -0.15) is 0 Å². The van der Waals surface area contributed by atoms with Crippen LogP contribution in [0.4, 0.5) is 17.1 Å². The lowest BCUT2D eigenvalue weighted by Gasteiger charge is -2.26. The number of thiophene rings is 1. The lowest BCUT2D eigenvalue weighted by Crippen LogP contribution is -2.10. The quantitative estimate of drug-likeness (QED) is 0.180. The van der Waals surface area contributed by atoms with Crippen molar-refractivity contribution in [2.45, 2.75) is 0 Å². The van der Waals surface area contributed by atoms with Crippen LogP contribution in [-0.4, -0.2) is 4.57 Å². The molecule has 52 heavy (non-hydrogen) atoms. The normalized spacial score (nSPS) is 11.8. The van der Waals surface area contributed by atoms with E-state index in [1.54, 1.807) is 0 Å². The first-order chi connectivity index (χ1) is 25.8. The summed E-state index contributed by atoms with van der Waals surface area (Å²) >= 11 is 1.85. The Bertz CT molecular complexity index is 3120. The van der Waals surface area contributed by atoms with E-state index in [1.807, 2.05) is 11.3 Å². The van der Waals surface area contributed by atoms with Crippen LogP contribution in [0, 0.1) is 0 Å². The zero-order chi connectivity index (χ0) is 34.2. The van der Waals surface area contributed by atoms with Gasteiger partial charge in [0.25, 0.3) is 0 Å². The lowest BCUT2D eigenvalue weighted by molar-refractivity contribution is 0.673.